The van der Waals surface area contributed by atoms with Crippen LogP contribution in [-0.4, -0.2) is 74.3 Å². The van der Waals surface area contributed by atoms with E-state index in [1.807, 2.05) is 33.3 Å². The van der Waals surface area contributed by atoms with E-state index in [4.69, 9.17) is 13.8 Å². The van der Waals surface area contributed by atoms with Gasteiger partial charge in [0.15, 0.2) is 0 Å². The highest BCUT2D eigenvalue weighted by atomic mass is 31.2. The van der Waals surface area contributed by atoms with Crippen molar-refractivity contribution in [3.8, 4) is 0 Å². The van der Waals surface area contributed by atoms with Crippen LogP contribution in [0.4, 0.5) is 0 Å². The summed E-state index contributed by atoms with van der Waals surface area (Å²) in [6.07, 6.45) is 63.5. The summed E-state index contributed by atoms with van der Waals surface area (Å²) < 4.78 is 30.6. The number of carbonyl (C=O) groups excluding carboxylic acids is 2. The molecule has 0 heterocycles. The smallest absolute Gasteiger partial charge is 0.456 e. The summed E-state index contributed by atoms with van der Waals surface area (Å²) >= 11 is 0. The fraction of sp³-hybridized carbons (Fsp3) is 0.803. The zero-order chi connectivity index (χ0) is 52.2. The molecule has 0 bridgehead atoms. The van der Waals surface area contributed by atoms with E-state index in [0.29, 0.717) is 23.9 Å². The number of phosphoric acid groups is 1. The van der Waals surface area contributed by atoms with Gasteiger partial charge in [0.25, 0.3) is 0 Å². The van der Waals surface area contributed by atoms with Gasteiger partial charge in [0, 0.05) is 12.8 Å². The zero-order valence-electron chi connectivity index (χ0n) is 47.2. The number of esters is 1. The predicted molar refractivity (Wildman–Crippen MR) is 305 cm³/mol. The molecule has 3 atom stereocenters. The van der Waals surface area contributed by atoms with E-state index >= 15 is 0 Å². The van der Waals surface area contributed by atoms with Crippen LogP contribution in [0.5, 0.6) is 0 Å². The van der Waals surface area contributed by atoms with Crippen molar-refractivity contribution in [3.63, 3.8) is 0 Å². The van der Waals surface area contributed by atoms with Crippen LogP contribution in [0.3, 0.4) is 0 Å². The molecule has 0 spiro atoms. The van der Waals surface area contributed by atoms with Gasteiger partial charge in [-0.2, -0.15) is 0 Å². The summed E-state index contributed by atoms with van der Waals surface area (Å²) in [5.74, 6) is -0.536. The molecule has 1 amide bonds. The Morgan fingerprint density at radius 2 is 0.859 bits per heavy atom. The first-order valence-corrected chi connectivity index (χ1v) is 31.1. The zero-order valence-corrected chi connectivity index (χ0v) is 48.1. The summed E-state index contributed by atoms with van der Waals surface area (Å²) in [6, 6.07) is -0.859. The third kappa shape index (κ3) is 52.4. The molecule has 3 unspecified atom stereocenters. The number of nitrogens with one attached hydrogen (secondary N) is 1. The van der Waals surface area contributed by atoms with E-state index in [1.165, 1.54) is 148 Å². The first-order valence-electron chi connectivity index (χ1n) is 29.6. The summed E-state index contributed by atoms with van der Waals surface area (Å²) in [7, 11) is 1.48. The van der Waals surface area contributed by atoms with Gasteiger partial charge in [-0.1, -0.05) is 236 Å². The van der Waals surface area contributed by atoms with Crippen LogP contribution in [0.15, 0.2) is 60.8 Å². The molecule has 0 saturated carbocycles. The van der Waals surface area contributed by atoms with Gasteiger partial charge in [0.05, 0.1) is 33.8 Å². The number of hydrogen-bond donors (Lipinski definition) is 2. The largest absolute Gasteiger partial charge is 0.472 e. The molecule has 10 heteroatoms. The van der Waals surface area contributed by atoms with E-state index in [0.717, 1.165) is 77.0 Å². The normalized spacial score (nSPS) is 14.2. The summed E-state index contributed by atoms with van der Waals surface area (Å²) in [6.45, 7) is 6.97. The number of rotatable bonds is 53. The molecular formula is C61H114N2O7P+. The number of phosphoric ester groups is 1. The fourth-order valence-electron chi connectivity index (χ4n) is 8.33. The molecule has 0 saturated heterocycles. The number of hydrogen-bond acceptors (Lipinski definition) is 6. The molecule has 0 aliphatic rings. The average molecular weight is 1020 g/mol. The number of quaternary nitrogens is 1. The van der Waals surface area contributed by atoms with Gasteiger partial charge in [0.2, 0.25) is 5.91 Å². The molecule has 0 aromatic carbocycles. The minimum absolute atomic E-state index is 0.0348. The Balaban J connectivity index is 5.39. The molecule has 0 aliphatic heterocycles. The average Bonchev–Trinajstić information content (AvgIpc) is 3.33. The highest BCUT2D eigenvalue weighted by Gasteiger charge is 2.30. The number of likely N-dealkylation sites (N-methyl/N-ethyl adjacent to an activating group) is 1. The van der Waals surface area contributed by atoms with E-state index in [1.54, 1.807) is 0 Å². The second-order valence-electron chi connectivity index (χ2n) is 21.2. The number of ether oxygens (including phenoxy) is 1. The van der Waals surface area contributed by atoms with Crippen LogP contribution in [0.1, 0.15) is 265 Å². The van der Waals surface area contributed by atoms with Crippen molar-refractivity contribution >= 4 is 19.7 Å². The van der Waals surface area contributed by atoms with Crippen molar-refractivity contribution in [1.29, 1.82) is 0 Å². The van der Waals surface area contributed by atoms with Crippen molar-refractivity contribution in [2.24, 2.45) is 0 Å². The fourth-order valence-corrected chi connectivity index (χ4v) is 9.07. The number of allylic oxidation sites excluding steroid dienone is 9. The lowest BCUT2D eigenvalue weighted by molar-refractivity contribution is -0.870. The van der Waals surface area contributed by atoms with Crippen LogP contribution >= 0.6 is 7.82 Å². The molecule has 9 nitrogen and oxygen atoms in total. The second-order valence-corrected chi connectivity index (χ2v) is 22.6. The maximum atomic E-state index is 13.5. The number of unbranched alkanes of at least 4 members (excludes halogenated alkanes) is 29. The minimum Gasteiger partial charge on any atom is -0.456 e. The Hall–Kier alpha value is -2.29. The summed E-state index contributed by atoms with van der Waals surface area (Å²) in [4.78, 5) is 37.6. The Bertz CT molecular complexity index is 1400. The Morgan fingerprint density at radius 3 is 1.32 bits per heavy atom. The molecule has 0 aliphatic carbocycles. The van der Waals surface area contributed by atoms with Crippen LogP contribution in [0.25, 0.3) is 0 Å². The number of carbonyl (C=O) groups is 2. The highest BCUT2D eigenvalue weighted by molar-refractivity contribution is 7.47. The van der Waals surface area contributed by atoms with E-state index in [-0.39, 0.29) is 31.5 Å². The molecule has 0 aromatic heterocycles. The Kier molecular flexibility index (Phi) is 49.6. The molecule has 2 N–H and O–H groups in total. The summed E-state index contributed by atoms with van der Waals surface area (Å²) in [5.41, 5.74) is 0. The Labute approximate surface area is 439 Å². The quantitative estimate of drug-likeness (QED) is 0.0205. The van der Waals surface area contributed by atoms with Crippen LogP contribution in [0, 0.1) is 0 Å². The minimum atomic E-state index is -4.45. The van der Waals surface area contributed by atoms with Gasteiger partial charge < -0.3 is 19.4 Å². The predicted octanol–water partition coefficient (Wildman–Crippen LogP) is 17.9. The van der Waals surface area contributed by atoms with Crippen molar-refractivity contribution in [2.75, 3.05) is 40.9 Å². The van der Waals surface area contributed by atoms with E-state index < -0.39 is 20.0 Å². The molecule has 0 aromatic rings. The standard InChI is InChI=1S/C61H113N2O7P/c1-7-10-13-16-19-22-25-28-29-30-31-32-33-36-39-42-45-48-51-54-61(65)70-59(52-49-46-43-40-37-34-26-23-20-17-14-11-8-2)58(57-69-71(66,67)68-56-55-63(4,5)6)62-60(64)53-50-47-44-41-38-35-27-24-21-18-15-12-9-3/h19,22,28-29,31-32,36,39,49,52,58-59H,7-18,20-21,23-27,30,33-35,37-38,40-48,50-51,53-57H2,1-6H3,(H-,62,64,66,67)/p+1/b22-19-,29-28-,32-31-,39-36-,52-49+. The third-order valence-electron chi connectivity index (χ3n) is 13.0. The maximum absolute atomic E-state index is 13.5. The van der Waals surface area contributed by atoms with Crippen molar-refractivity contribution in [1.82, 2.24) is 5.32 Å². The van der Waals surface area contributed by atoms with Crippen molar-refractivity contribution < 1.29 is 37.3 Å². The van der Waals surface area contributed by atoms with Gasteiger partial charge in [-0.05, 0) is 76.7 Å². The molecular weight excluding hydrogens is 904 g/mol. The lowest BCUT2D eigenvalue weighted by atomic mass is 10.0. The van der Waals surface area contributed by atoms with Gasteiger partial charge >= 0.3 is 13.8 Å². The molecule has 71 heavy (non-hydrogen) atoms. The molecule has 0 radical (unpaired) electrons. The monoisotopic (exact) mass is 1020 g/mol. The number of nitrogens with zero attached hydrogens (tertiary/aromatic N) is 1. The van der Waals surface area contributed by atoms with Gasteiger partial charge in [0.1, 0.15) is 19.3 Å². The lowest BCUT2D eigenvalue weighted by Gasteiger charge is -2.27. The summed E-state index contributed by atoms with van der Waals surface area (Å²) in [5, 5.41) is 3.04. The Morgan fingerprint density at radius 1 is 0.493 bits per heavy atom. The maximum Gasteiger partial charge on any atom is 0.472 e. The van der Waals surface area contributed by atoms with Crippen LogP contribution < -0.4 is 5.32 Å². The topological polar surface area (TPSA) is 111 Å². The first kappa shape index (κ1) is 68.7. The van der Waals surface area contributed by atoms with Gasteiger partial charge in [-0.15, -0.1) is 0 Å². The first-order chi connectivity index (χ1) is 34.4. The number of amides is 1. The molecule has 414 valence electrons. The SMILES string of the molecule is CCCCC/C=C\C/C=C\C/C=C\C/C=C\CCCCCC(=O)OC(/C=C/CCCCCCCCCCCCC)C(COP(=O)(O)OCC[N+](C)(C)C)NC(=O)CCCCCCCCCCCCCCC. The van der Waals surface area contributed by atoms with Gasteiger partial charge in [-0.3, -0.25) is 18.6 Å². The second kappa shape index (κ2) is 51.2. The lowest BCUT2D eigenvalue weighted by Crippen LogP contribution is -2.47. The van der Waals surface area contributed by atoms with Gasteiger partial charge in [-0.25, -0.2) is 4.57 Å². The van der Waals surface area contributed by atoms with Crippen molar-refractivity contribution in [2.45, 2.75) is 277 Å². The molecule has 0 rings (SSSR count). The van der Waals surface area contributed by atoms with Crippen LogP contribution in [0.2, 0.25) is 0 Å². The van der Waals surface area contributed by atoms with Crippen LogP contribution in [-0.2, 0) is 27.9 Å². The third-order valence-corrected chi connectivity index (χ3v) is 13.9. The highest BCUT2D eigenvalue weighted by Crippen LogP contribution is 2.43. The van der Waals surface area contributed by atoms with E-state index in [9.17, 15) is 19.0 Å². The van der Waals surface area contributed by atoms with E-state index in [2.05, 4.69) is 74.7 Å². The molecule has 0 fully saturated rings. The van der Waals surface area contributed by atoms with Crippen molar-refractivity contribution in [3.05, 3.63) is 60.8 Å².